The summed E-state index contributed by atoms with van der Waals surface area (Å²) in [6, 6.07) is 0. The third kappa shape index (κ3) is 3.21. The monoisotopic (exact) mass is 244 g/mol. The largest absolute Gasteiger partial charge is 0.382 e. The maximum atomic E-state index is 5.93. The fraction of sp³-hybridized carbons (Fsp3) is 1.00. The van der Waals surface area contributed by atoms with E-state index in [4.69, 9.17) is 14.2 Å². The first kappa shape index (κ1) is 14.9. The van der Waals surface area contributed by atoms with Crippen LogP contribution >= 0.6 is 0 Å². The molecule has 1 rings (SSSR count). The number of hydrogen-bond acceptors (Lipinski definition) is 3. The number of ether oxygens (including phenoxy) is 3. The van der Waals surface area contributed by atoms with E-state index in [1.807, 2.05) is 7.11 Å². The van der Waals surface area contributed by atoms with Crippen molar-refractivity contribution >= 4 is 0 Å². The van der Waals surface area contributed by atoms with Gasteiger partial charge < -0.3 is 14.2 Å². The Morgan fingerprint density at radius 2 is 1.76 bits per heavy atom. The van der Waals surface area contributed by atoms with Crippen molar-refractivity contribution in [1.82, 2.24) is 0 Å². The fourth-order valence-corrected chi connectivity index (χ4v) is 3.37. The molecule has 0 amide bonds. The third-order valence-corrected chi connectivity index (χ3v) is 4.38. The van der Waals surface area contributed by atoms with Crippen molar-refractivity contribution in [1.29, 1.82) is 0 Å². The van der Waals surface area contributed by atoms with E-state index < -0.39 is 0 Å². The molecule has 3 heteroatoms. The molecule has 102 valence electrons. The maximum absolute atomic E-state index is 5.93. The van der Waals surface area contributed by atoms with Gasteiger partial charge in [0.25, 0.3) is 0 Å². The van der Waals surface area contributed by atoms with Crippen molar-refractivity contribution in [3.05, 3.63) is 0 Å². The van der Waals surface area contributed by atoms with Gasteiger partial charge in [0.1, 0.15) is 6.10 Å². The molecule has 0 saturated heterocycles. The average Bonchev–Trinajstić information content (AvgIpc) is 2.40. The lowest BCUT2D eigenvalue weighted by Gasteiger charge is -2.45. The van der Waals surface area contributed by atoms with Gasteiger partial charge in [0.2, 0.25) is 0 Å². The highest BCUT2D eigenvalue weighted by atomic mass is 16.6. The quantitative estimate of drug-likeness (QED) is 0.689. The molecule has 1 aliphatic carbocycles. The van der Waals surface area contributed by atoms with Crippen molar-refractivity contribution in [2.45, 2.75) is 57.2 Å². The van der Waals surface area contributed by atoms with E-state index in [0.717, 1.165) is 6.42 Å². The number of hydrogen-bond donors (Lipinski definition) is 0. The first-order chi connectivity index (χ1) is 8.25. The van der Waals surface area contributed by atoms with Gasteiger partial charge in [0.15, 0.2) is 0 Å². The predicted molar refractivity (Wildman–Crippen MR) is 69.3 cm³/mol. The summed E-state index contributed by atoms with van der Waals surface area (Å²) in [4.78, 5) is 0. The van der Waals surface area contributed by atoms with Crippen LogP contribution < -0.4 is 0 Å². The summed E-state index contributed by atoms with van der Waals surface area (Å²) < 4.78 is 16.9. The van der Waals surface area contributed by atoms with Crippen LogP contribution in [0.5, 0.6) is 0 Å². The lowest BCUT2D eigenvalue weighted by Crippen LogP contribution is -2.53. The van der Waals surface area contributed by atoms with Crippen LogP contribution in [0.3, 0.4) is 0 Å². The van der Waals surface area contributed by atoms with Gasteiger partial charge >= 0.3 is 0 Å². The molecular weight excluding hydrogens is 216 g/mol. The lowest BCUT2D eigenvalue weighted by atomic mass is 9.72. The van der Waals surface area contributed by atoms with E-state index in [-0.39, 0.29) is 11.7 Å². The van der Waals surface area contributed by atoms with Crippen molar-refractivity contribution in [3.63, 3.8) is 0 Å². The lowest BCUT2D eigenvalue weighted by molar-refractivity contribution is -0.173. The summed E-state index contributed by atoms with van der Waals surface area (Å²) in [5.41, 5.74) is -0.175. The van der Waals surface area contributed by atoms with Crippen LogP contribution in [0.4, 0.5) is 0 Å². The standard InChI is InChI=1S/C14H28O3/c1-5-14(17-4,13(16-3)11-15-2)12-9-7-6-8-10-12/h12-13H,5-11H2,1-4H3. The summed E-state index contributed by atoms with van der Waals surface area (Å²) in [6.45, 7) is 2.80. The normalized spacial score (nSPS) is 23.3. The Hall–Kier alpha value is -0.120. The van der Waals surface area contributed by atoms with E-state index in [1.54, 1.807) is 14.2 Å². The molecular formula is C14H28O3. The van der Waals surface area contributed by atoms with Gasteiger partial charge in [-0.1, -0.05) is 26.2 Å². The van der Waals surface area contributed by atoms with E-state index in [2.05, 4.69) is 6.92 Å². The summed E-state index contributed by atoms with van der Waals surface area (Å²) in [5, 5.41) is 0. The third-order valence-electron chi connectivity index (χ3n) is 4.38. The molecule has 0 spiro atoms. The summed E-state index contributed by atoms with van der Waals surface area (Å²) in [7, 11) is 5.30. The number of methoxy groups -OCH3 is 3. The molecule has 0 aromatic carbocycles. The maximum Gasteiger partial charge on any atom is 0.110 e. The Balaban J connectivity index is 2.83. The molecule has 3 nitrogen and oxygen atoms in total. The smallest absolute Gasteiger partial charge is 0.110 e. The van der Waals surface area contributed by atoms with Crippen molar-refractivity contribution < 1.29 is 14.2 Å². The van der Waals surface area contributed by atoms with Gasteiger partial charge in [-0.25, -0.2) is 0 Å². The van der Waals surface area contributed by atoms with Gasteiger partial charge in [0, 0.05) is 21.3 Å². The van der Waals surface area contributed by atoms with Crippen LogP contribution in [0, 0.1) is 5.92 Å². The predicted octanol–water partition coefficient (Wildman–Crippen LogP) is 3.02. The van der Waals surface area contributed by atoms with E-state index in [1.165, 1.54) is 32.1 Å². The van der Waals surface area contributed by atoms with E-state index in [0.29, 0.717) is 12.5 Å². The van der Waals surface area contributed by atoms with Gasteiger partial charge in [0.05, 0.1) is 12.2 Å². The highest BCUT2D eigenvalue weighted by Gasteiger charge is 2.45. The van der Waals surface area contributed by atoms with Gasteiger partial charge in [-0.3, -0.25) is 0 Å². The van der Waals surface area contributed by atoms with Gasteiger partial charge in [-0.05, 0) is 25.2 Å². The Morgan fingerprint density at radius 3 is 2.18 bits per heavy atom. The zero-order chi connectivity index (χ0) is 12.7. The number of rotatable bonds is 7. The Bertz CT molecular complexity index is 189. The topological polar surface area (TPSA) is 27.7 Å². The second kappa shape index (κ2) is 7.34. The Morgan fingerprint density at radius 1 is 1.12 bits per heavy atom. The summed E-state index contributed by atoms with van der Waals surface area (Å²) in [5.74, 6) is 0.603. The molecule has 2 unspecified atom stereocenters. The van der Waals surface area contributed by atoms with Gasteiger partial charge in [-0.15, -0.1) is 0 Å². The molecule has 0 heterocycles. The molecule has 0 aromatic heterocycles. The molecule has 0 aliphatic heterocycles. The SMILES string of the molecule is CCC(OC)(C1CCCCC1)C(COC)OC. The van der Waals surface area contributed by atoms with Crippen LogP contribution in [0.2, 0.25) is 0 Å². The first-order valence-electron chi connectivity index (χ1n) is 6.82. The van der Waals surface area contributed by atoms with Crippen molar-refractivity contribution in [3.8, 4) is 0 Å². The second-order valence-corrected chi connectivity index (χ2v) is 5.03. The van der Waals surface area contributed by atoms with Crippen LogP contribution in [-0.4, -0.2) is 39.6 Å². The fourth-order valence-electron chi connectivity index (χ4n) is 3.37. The highest BCUT2D eigenvalue weighted by molar-refractivity contribution is 4.95. The highest BCUT2D eigenvalue weighted by Crippen LogP contribution is 2.40. The molecule has 0 aromatic rings. The molecule has 1 fully saturated rings. The van der Waals surface area contributed by atoms with Gasteiger partial charge in [-0.2, -0.15) is 0 Å². The van der Waals surface area contributed by atoms with Crippen molar-refractivity contribution in [2.75, 3.05) is 27.9 Å². The molecule has 17 heavy (non-hydrogen) atoms. The minimum atomic E-state index is -0.175. The van der Waals surface area contributed by atoms with Crippen LogP contribution in [-0.2, 0) is 14.2 Å². The van der Waals surface area contributed by atoms with Crippen LogP contribution in [0.25, 0.3) is 0 Å². The molecule has 0 N–H and O–H groups in total. The van der Waals surface area contributed by atoms with E-state index >= 15 is 0 Å². The molecule has 0 bridgehead atoms. The van der Waals surface area contributed by atoms with Crippen LogP contribution in [0.1, 0.15) is 45.4 Å². The first-order valence-corrected chi connectivity index (χ1v) is 6.82. The van der Waals surface area contributed by atoms with E-state index in [9.17, 15) is 0 Å². The minimum absolute atomic E-state index is 0.0330. The summed E-state index contributed by atoms with van der Waals surface area (Å²) >= 11 is 0. The average molecular weight is 244 g/mol. The zero-order valence-electron chi connectivity index (χ0n) is 11.8. The molecule has 2 atom stereocenters. The zero-order valence-corrected chi connectivity index (χ0v) is 11.8. The molecule has 1 saturated carbocycles. The Kier molecular flexibility index (Phi) is 6.45. The molecule has 1 aliphatic rings. The van der Waals surface area contributed by atoms with Crippen molar-refractivity contribution in [2.24, 2.45) is 5.92 Å². The Labute approximate surface area is 106 Å². The molecule has 0 radical (unpaired) electrons. The summed E-state index contributed by atoms with van der Waals surface area (Å²) in [6.07, 6.45) is 7.53. The van der Waals surface area contributed by atoms with Crippen LogP contribution in [0.15, 0.2) is 0 Å². The second-order valence-electron chi connectivity index (χ2n) is 5.03. The minimum Gasteiger partial charge on any atom is -0.382 e.